The zero-order chi connectivity index (χ0) is 73.7. The van der Waals surface area contributed by atoms with Gasteiger partial charge in [-0.15, -0.1) is 0 Å². The lowest BCUT2D eigenvalue weighted by Crippen LogP contribution is -2.55. The van der Waals surface area contributed by atoms with Gasteiger partial charge >= 0.3 is 0 Å². The Morgan fingerprint density at radius 2 is 0.640 bits per heavy atom. The monoisotopic (exact) mass is 1440 g/mol. The summed E-state index contributed by atoms with van der Waals surface area (Å²) in [6, 6.07) is 0. The SMILES string of the molecule is CC(=O)NCCCCCC(=O)CC(COCCC(=O)CCCCCC(=O)CCCCOC1OC(CO)C(O)C(O)C1C)(COCCC(=O)CCCCCC(=O)CCCCOC1OC(CO)C(O)C(O)C1C)COCCC(=O)NCCCNC(=O)CCCCOC1OC(CO)C(O)C(O)C1C. The van der Waals surface area contributed by atoms with Gasteiger partial charge in [-0.1, -0.05) is 40.0 Å². The number of hydrogen-bond acceptors (Lipinski definition) is 26. The lowest BCUT2D eigenvalue weighted by Gasteiger charge is -2.40. The molecular weight excluding hydrogens is 1310 g/mol. The van der Waals surface area contributed by atoms with Gasteiger partial charge in [0.15, 0.2) is 18.9 Å². The Bertz CT molecular complexity index is 2090. The van der Waals surface area contributed by atoms with E-state index in [-0.39, 0.29) is 164 Å². The van der Waals surface area contributed by atoms with Crippen LogP contribution < -0.4 is 16.0 Å². The van der Waals surface area contributed by atoms with Crippen molar-refractivity contribution < 1.29 is 127 Å². The van der Waals surface area contributed by atoms with E-state index in [4.69, 9.17) is 42.6 Å². The van der Waals surface area contributed by atoms with Crippen LogP contribution >= 0.6 is 0 Å². The zero-order valence-corrected chi connectivity index (χ0v) is 60.0. The molecule has 580 valence electrons. The second kappa shape index (κ2) is 52.9. The van der Waals surface area contributed by atoms with E-state index in [0.717, 1.165) is 0 Å². The molecule has 0 radical (unpaired) electrons. The number of unbranched alkanes of at least 4 members (excludes halogenated alkanes) is 9. The number of nitrogens with one attached hydrogen (secondary N) is 3. The molecule has 3 heterocycles. The fraction of sp³-hybridized carbons (Fsp3) is 0.887. The zero-order valence-electron chi connectivity index (χ0n) is 60.0. The molecule has 3 aliphatic rings. The quantitative estimate of drug-likeness (QED) is 0.0389. The fourth-order valence-electron chi connectivity index (χ4n) is 12.0. The maximum absolute atomic E-state index is 13.8. The minimum Gasteiger partial charge on any atom is -0.394 e. The number of ketones is 5. The molecule has 12 N–H and O–H groups in total. The van der Waals surface area contributed by atoms with Crippen LogP contribution in [-0.4, -0.2) is 265 Å². The van der Waals surface area contributed by atoms with Crippen molar-refractivity contribution in [2.45, 2.75) is 281 Å². The van der Waals surface area contributed by atoms with Crippen LogP contribution in [0.15, 0.2) is 0 Å². The molecule has 0 aliphatic carbocycles. The van der Waals surface area contributed by atoms with Gasteiger partial charge in [-0.2, -0.15) is 0 Å². The first-order valence-electron chi connectivity index (χ1n) is 36.8. The largest absolute Gasteiger partial charge is 0.394 e. The highest BCUT2D eigenvalue weighted by Crippen LogP contribution is 2.31. The van der Waals surface area contributed by atoms with Crippen molar-refractivity contribution in [3.63, 3.8) is 0 Å². The molecule has 29 heteroatoms. The van der Waals surface area contributed by atoms with Crippen LogP contribution in [0.1, 0.15) is 207 Å². The van der Waals surface area contributed by atoms with Gasteiger partial charge in [0, 0.05) is 147 Å². The maximum atomic E-state index is 13.8. The number of aliphatic hydroxyl groups is 9. The third kappa shape index (κ3) is 37.1. The molecule has 3 aliphatic heterocycles. The standard InChI is InChI=1S/C71H125N3O26/c1-48-62(86)65(89)57(42-75)98-68(48)95-35-17-13-25-52(79)21-8-5-10-23-54(81)29-38-92-45-71(41-56(83)27-12-7-16-32-72-51(4)78,46-93-39-30-55(82)24-11-6-9-22-53(80)26-14-18-36-96-69-49(2)63(87)66(90)58(43-76)99-69)47-94-40-31-61(85)74-34-20-33-73-60(84)28-15-19-37-97-70-50(3)64(88)67(91)59(44-77)100-70/h48-50,57-59,62-70,75-77,86-91H,5-47H2,1-4H3,(H,72,78)(H,73,84)(H,74,85). The molecule has 0 aromatic rings. The molecule has 100 heavy (non-hydrogen) atoms. The van der Waals surface area contributed by atoms with Gasteiger partial charge < -0.3 is 105 Å². The van der Waals surface area contributed by atoms with Crippen LogP contribution in [0.3, 0.4) is 0 Å². The maximum Gasteiger partial charge on any atom is 0.222 e. The molecule has 0 aromatic heterocycles. The highest BCUT2D eigenvalue weighted by atomic mass is 16.7. The third-order valence-electron chi connectivity index (χ3n) is 18.6. The van der Waals surface area contributed by atoms with Crippen LogP contribution in [0.2, 0.25) is 0 Å². The summed E-state index contributed by atoms with van der Waals surface area (Å²) in [6.45, 7) is 6.86. The average Bonchev–Trinajstić information content (AvgIpc) is 0.864. The van der Waals surface area contributed by atoms with E-state index in [2.05, 4.69) is 16.0 Å². The summed E-state index contributed by atoms with van der Waals surface area (Å²) in [5.74, 6) is -2.11. The predicted octanol–water partition coefficient (Wildman–Crippen LogP) is 2.43. The molecule has 15 unspecified atom stereocenters. The summed E-state index contributed by atoms with van der Waals surface area (Å²) in [5, 5.41) is 97.8. The predicted molar refractivity (Wildman–Crippen MR) is 363 cm³/mol. The normalized spacial score (nSPS) is 26.0. The van der Waals surface area contributed by atoms with Gasteiger partial charge in [0.2, 0.25) is 17.7 Å². The second-order valence-corrected chi connectivity index (χ2v) is 27.4. The topological polar surface area (TPSA) is 438 Å². The van der Waals surface area contributed by atoms with E-state index in [9.17, 15) is 84.3 Å². The van der Waals surface area contributed by atoms with Crippen molar-refractivity contribution in [3.05, 3.63) is 0 Å². The molecule has 0 aromatic carbocycles. The summed E-state index contributed by atoms with van der Waals surface area (Å²) in [4.78, 5) is 102. The van der Waals surface area contributed by atoms with Crippen molar-refractivity contribution in [2.24, 2.45) is 23.2 Å². The smallest absolute Gasteiger partial charge is 0.222 e. The first-order chi connectivity index (χ1) is 48.0. The van der Waals surface area contributed by atoms with E-state index in [1.807, 2.05) is 0 Å². The van der Waals surface area contributed by atoms with Gasteiger partial charge in [0.05, 0.1) is 77.8 Å². The number of rotatable bonds is 60. The van der Waals surface area contributed by atoms with Crippen LogP contribution in [0.25, 0.3) is 0 Å². The summed E-state index contributed by atoms with van der Waals surface area (Å²) >= 11 is 0. The van der Waals surface area contributed by atoms with Gasteiger partial charge in [-0.3, -0.25) is 38.4 Å². The van der Waals surface area contributed by atoms with Crippen LogP contribution in [0.5, 0.6) is 0 Å². The Morgan fingerprint density at radius 1 is 0.340 bits per heavy atom. The Hall–Kier alpha value is -3.96. The van der Waals surface area contributed by atoms with Crippen LogP contribution in [-0.2, 0) is 81.0 Å². The van der Waals surface area contributed by atoms with E-state index in [1.165, 1.54) is 6.92 Å². The second-order valence-electron chi connectivity index (χ2n) is 27.4. The van der Waals surface area contributed by atoms with Crippen molar-refractivity contribution >= 4 is 46.6 Å². The van der Waals surface area contributed by atoms with E-state index in [1.54, 1.807) is 20.8 Å². The number of Topliss-reactive ketones (excluding diaryl/α,β-unsaturated/α-hetero) is 5. The Morgan fingerprint density at radius 3 is 1.00 bits per heavy atom. The van der Waals surface area contributed by atoms with Gasteiger partial charge in [0.25, 0.3) is 0 Å². The highest BCUT2D eigenvalue weighted by molar-refractivity contribution is 5.80. The average molecular weight is 1440 g/mol. The first-order valence-corrected chi connectivity index (χ1v) is 36.8. The number of aliphatic hydroxyl groups excluding tert-OH is 9. The minimum absolute atomic E-state index is 0.0237. The number of amides is 3. The van der Waals surface area contributed by atoms with Gasteiger partial charge in [-0.25, -0.2) is 0 Å². The van der Waals surface area contributed by atoms with E-state index < -0.39 is 117 Å². The molecule has 0 bridgehead atoms. The number of ether oxygens (including phenoxy) is 9. The molecular formula is C71H125N3O26. The molecule has 3 amide bonds. The molecule has 29 nitrogen and oxygen atoms in total. The summed E-state index contributed by atoms with van der Waals surface area (Å²) in [7, 11) is 0. The van der Waals surface area contributed by atoms with Crippen molar-refractivity contribution in [1.29, 1.82) is 0 Å². The lowest BCUT2D eigenvalue weighted by atomic mass is 9.84. The summed E-state index contributed by atoms with van der Waals surface area (Å²) in [6.07, 6.45) is -0.0760. The summed E-state index contributed by atoms with van der Waals surface area (Å²) < 4.78 is 52.5. The Labute approximate surface area is 590 Å². The summed E-state index contributed by atoms with van der Waals surface area (Å²) in [5.41, 5.74) is -1.08. The lowest BCUT2D eigenvalue weighted by molar-refractivity contribution is -0.282. The molecule has 3 saturated heterocycles. The third-order valence-corrected chi connectivity index (χ3v) is 18.6. The Kier molecular flexibility index (Phi) is 47.7. The van der Waals surface area contributed by atoms with E-state index >= 15 is 0 Å². The fourth-order valence-corrected chi connectivity index (χ4v) is 12.0. The first kappa shape index (κ1) is 90.3. The number of carbonyl (C=O) groups excluding carboxylic acids is 8. The minimum atomic E-state index is -1.22. The van der Waals surface area contributed by atoms with Crippen LogP contribution in [0.4, 0.5) is 0 Å². The molecule has 15 atom stereocenters. The van der Waals surface area contributed by atoms with Crippen molar-refractivity contribution in [2.75, 3.05) is 98.9 Å². The van der Waals surface area contributed by atoms with Crippen molar-refractivity contribution in [1.82, 2.24) is 16.0 Å². The molecule has 0 saturated carbocycles. The van der Waals surface area contributed by atoms with Gasteiger partial charge in [0.1, 0.15) is 65.5 Å². The van der Waals surface area contributed by atoms with Gasteiger partial charge in [-0.05, 0) is 83.5 Å². The van der Waals surface area contributed by atoms with E-state index in [0.29, 0.717) is 142 Å². The molecule has 0 spiro atoms. The molecule has 3 fully saturated rings. The Balaban J connectivity index is 1.48. The van der Waals surface area contributed by atoms with Crippen molar-refractivity contribution in [3.8, 4) is 0 Å². The highest BCUT2D eigenvalue weighted by Gasteiger charge is 2.45. The number of carbonyl (C=O) groups is 8. The number of hydrogen-bond donors (Lipinski definition) is 12. The van der Waals surface area contributed by atoms with Crippen LogP contribution in [0, 0.1) is 23.2 Å². The molecule has 3 rings (SSSR count).